The zero-order valence-corrected chi connectivity index (χ0v) is 7.71. The van der Waals surface area contributed by atoms with Gasteiger partial charge in [0.25, 0.3) is 0 Å². The van der Waals surface area contributed by atoms with Crippen molar-refractivity contribution in [3.63, 3.8) is 0 Å². The molecule has 0 atom stereocenters. The average Bonchev–Trinajstić information content (AvgIpc) is 2.20. The summed E-state index contributed by atoms with van der Waals surface area (Å²) >= 11 is 0. The van der Waals surface area contributed by atoms with Gasteiger partial charge in [-0.05, 0) is 6.08 Å². The smallest absolute Gasteiger partial charge is 0.125 e. The number of rotatable bonds is 1. The molecule has 4 nitrogen and oxygen atoms in total. The van der Waals surface area contributed by atoms with Crippen molar-refractivity contribution in [1.82, 2.24) is 15.5 Å². The lowest BCUT2D eigenvalue weighted by Gasteiger charge is -2.33. The van der Waals surface area contributed by atoms with Crippen LogP contribution < -0.4 is 16.4 Å². The van der Waals surface area contributed by atoms with Gasteiger partial charge in [0, 0.05) is 32.7 Å². The molecule has 0 saturated carbocycles. The summed E-state index contributed by atoms with van der Waals surface area (Å²) in [5.74, 6) is 1.10. The standard InChI is InChI=1S/C9H16N4/c10-8-2-1-3-12-9(8)13-6-4-11-5-7-13/h1-2,11-12H,3-7,10H2. The minimum absolute atomic E-state index is 0.855. The number of dihydropyridines is 1. The predicted octanol–water partition coefficient (Wildman–Crippen LogP) is -0.821. The number of nitrogens with two attached hydrogens (primary N) is 1. The van der Waals surface area contributed by atoms with Crippen molar-refractivity contribution in [3.8, 4) is 0 Å². The van der Waals surface area contributed by atoms with Gasteiger partial charge in [0.05, 0.1) is 5.70 Å². The summed E-state index contributed by atoms with van der Waals surface area (Å²) in [5.41, 5.74) is 6.73. The van der Waals surface area contributed by atoms with Crippen LogP contribution in [0.3, 0.4) is 0 Å². The highest BCUT2D eigenvalue weighted by atomic mass is 15.3. The topological polar surface area (TPSA) is 53.3 Å². The number of nitrogens with one attached hydrogen (secondary N) is 2. The monoisotopic (exact) mass is 180 g/mol. The van der Waals surface area contributed by atoms with E-state index in [1.165, 1.54) is 0 Å². The van der Waals surface area contributed by atoms with E-state index in [0.29, 0.717) is 0 Å². The number of hydrogen-bond donors (Lipinski definition) is 3. The Balaban J connectivity index is 2.08. The summed E-state index contributed by atoms with van der Waals surface area (Å²) in [4.78, 5) is 2.30. The fourth-order valence-electron chi connectivity index (χ4n) is 1.71. The molecule has 13 heavy (non-hydrogen) atoms. The van der Waals surface area contributed by atoms with E-state index < -0.39 is 0 Å². The maximum absolute atomic E-state index is 5.88. The zero-order valence-electron chi connectivity index (χ0n) is 7.71. The molecule has 0 aliphatic carbocycles. The lowest BCUT2D eigenvalue weighted by Crippen LogP contribution is -2.47. The first kappa shape index (κ1) is 8.44. The van der Waals surface area contributed by atoms with E-state index >= 15 is 0 Å². The second kappa shape index (κ2) is 3.70. The second-order valence-corrected chi connectivity index (χ2v) is 3.32. The molecule has 0 unspecified atom stereocenters. The van der Waals surface area contributed by atoms with Crippen LogP contribution in [0.15, 0.2) is 23.7 Å². The van der Waals surface area contributed by atoms with E-state index in [1.54, 1.807) is 0 Å². The molecule has 2 heterocycles. The van der Waals surface area contributed by atoms with Crippen LogP contribution >= 0.6 is 0 Å². The maximum Gasteiger partial charge on any atom is 0.125 e. The predicted molar refractivity (Wildman–Crippen MR) is 52.8 cm³/mol. The molecule has 1 fully saturated rings. The molecule has 72 valence electrons. The van der Waals surface area contributed by atoms with Crippen LogP contribution in [0.4, 0.5) is 0 Å². The SMILES string of the molecule is NC1=C(N2CCNCC2)NCC=C1. The van der Waals surface area contributed by atoms with E-state index in [1.807, 2.05) is 12.2 Å². The van der Waals surface area contributed by atoms with E-state index in [0.717, 1.165) is 44.2 Å². The Morgan fingerprint density at radius 2 is 2.08 bits per heavy atom. The van der Waals surface area contributed by atoms with Crippen LogP contribution in [0.1, 0.15) is 0 Å². The zero-order chi connectivity index (χ0) is 9.10. The largest absolute Gasteiger partial charge is 0.396 e. The molecule has 0 bridgehead atoms. The number of allylic oxidation sites excluding steroid dienone is 1. The molecule has 2 aliphatic rings. The van der Waals surface area contributed by atoms with Gasteiger partial charge in [-0.2, -0.15) is 0 Å². The van der Waals surface area contributed by atoms with E-state index in [-0.39, 0.29) is 0 Å². The van der Waals surface area contributed by atoms with Gasteiger partial charge in [-0.1, -0.05) is 6.08 Å². The third kappa shape index (κ3) is 1.78. The van der Waals surface area contributed by atoms with Gasteiger partial charge in [-0.15, -0.1) is 0 Å². The van der Waals surface area contributed by atoms with Crippen molar-refractivity contribution in [1.29, 1.82) is 0 Å². The molecule has 0 amide bonds. The van der Waals surface area contributed by atoms with Gasteiger partial charge in [-0.3, -0.25) is 0 Å². The molecule has 0 aromatic heterocycles. The number of hydrogen-bond acceptors (Lipinski definition) is 4. The Morgan fingerprint density at radius 3 is 2.77 bits per heavy atom. The van der Waals surface area contributed by atoms with Crippen LogP contribution in [-0.2, 0) is 0 Å². The summed E-state index contributed by atoms with van der Waals surface area (Å²) in [7, 11) is 0. The van der Waals surface area contributed by atoms with E-state index in [2.05, 4.69) is 15.5 Å². The summed E-state index contributed by atoms with van der Waals surface area (Å²) in [6.07, 6.45) is 4.02. The highest BCUT2D eigenvalue weighted by Gasteiger charge is 2.15. The normalized spacial score (nSPS) is 23.2. The molecule has 1 saturated heterocycles. The van der Waals surface area contributed by atoms with Crippen molar-refractivity contribution in [3.05, 3.63) is 23.7 Å². The maximum atomic E-state index is 5.88. The van der Waals surface area contributed by atoms with Gasteiger partial charge >= 0.3 is 0 Å². The Morgan fingerprint density at radius 1 is 1.31 bits per heavy atom. The molecule has 2 aliphatic heterocycles. The molecular weight excluding hydrogens is 164 g/mol. The molecular formula is C9H16N4. The summed E-state index contributed by atoms with van der Waals surface area (Å²) in [5, 5.41) is 6.62. The molecule has 4 N–H and O–H groups in total. The quantitative estimate of drug-likeness (QED) is 0.493. The molecule has 0 aromatic carbocycles. The lowest BCUT2D eigenvalue weighted by molar-refractivity contribution is 0.279. The van der Waals surface area contributed by atoms with E-state index in [4.69, 9.17) is 5.73 Å². The van der Waals surface area contributed by atoms with Gasteiger partial charge in [0.2, 0.25) is 0 Å². The van der Waals surface area contributed by atoms with E-state index in [9.17, 15) is 0 Å². The lowest BCUT2D eigenvalue weighted by atomic mass is 10.2. The highest BCUT2D eigenvalue weighted by Crippen LogP contribution is 2.08. The minimum atomic E-state index is 0.855. The first-order valence-corrected chi connectivity index (χ1v) is 4.74. The fraction of sp³-hybridized carbons (Fsp3) is 0.556. The van der Waals surface area contributed by atoms with Crippen molar-refractivity contribution < 1.29 is 0 Å². The average molecular weight is 180 g/mol. The second-order valence-electron chi connectivity index (χ2n) is 3.32. The Hall–Kier alpha value is -1.16. The summed E-state index contributed by atoms with van der Waals surface area (Å²) in [6, 6.07) is 0. The molecule has 0 aromatic rings. The van der Waals surface area contributed by atoms with Crippen LogP contribution in [0.2, 0.25) is 0 Å². The number of piperazine rings is 1. The van der Waals surface area contributed by atoms with Crippen LogP contribution in [0.5, 0.6) is 0 Å². The first-order chi connectivity index (χ1) is 6.38. The molecule has 4 heteroatoms. The third-order valence-electron chi connectivity index (χ3n) is 2.39. The Bertz CT molecular complexity index is 238. The number of nitrogens with zero attached hydrogens (tertiary/aromatic N) is 1. The van der Waals surface area contributed by atoms with Crippen LogP contribution in [0.25, 0.3) is 0 Å². The Kier molecular flexibility index (Phi) is 2.40. The van der Waals surface area contributed by atoms with Gasteiger partial charge in [0.15, 0.2) is 0 Å². The summed E-state index contributed by atoms with van der Waals surface area (Å²) < 4.78 is 0. The third-order valence-corrected chi connectivity index (χ3v) is 2.39. The van der Waals surface area contributed by atoms with Crippen LogP contribution in [0, 0.1) is 0 Å². The Labute approximate surface area is 78.5 Å². The van der Waals surface area contributed by atoms with Crippen molar-refractivity contribution in [2.45, 2.75) is 0 Å². The molecule has 0 radical (unpaired) electrons. The minimum Gasteiger partial charge on any atom is -0.396 e. The molecule has 2 rings (SSSR count). The van der Waals surface area contributed by atoms with Gasteiger partial charge in [0.1, 0.15) is 5.82 Å². The summed E-state index contributed by atoms with van der Waals surface area (Å²) in [6.45, 7) is 5.05. The van der Waals surface area contributed by atoms with Gasteiger partial charge in [-0.25, -0.2) is 0 Å². The van der Waals surface area contributed by atoms with Crippen molar-refractivity contribution in [2.75, 3.05) is 32.7 Å². The highest BCUT2D eigenvalue weighted by molar-refractivity contribution is 5.25. The van der Waals surface area contributed by atoms with Crippen LogP contribution in [-0.4, -0.2) is 37.6 Å². The molecule has 0 spiro atoms. The van der Waals surface area contributed by atoms with Crippen molar-refractivity contribution >= 4 is 0 Å². The fourth-order valence-corrected chi connectivity index (χ4v) is 1.71. The van der Waals surface area contributed by atoms with Gasteiger partial charge < -0.3 is 21.3 Å². The first-order valence-electron chi connectivity index (χ1n) is 4.74. The van der Waals surface area contributed by atoms with Crippen molar-refractivity contribution in [2.24, 2.45) is 5.73 Å².